The summed E-state index contributed by atoms with van der Waals surface area (Å²) in [6.45, 7) is -0.424. The Bertz CT molecular complexity index is 1240. The van der Waals surface area contributed by atoms with E-state index in [4.69, 9.17) is 19.5 Å². The number of nitrogens with two attached hydrogens (primary N) is 1. The van der Waals surface area contributed by atoms with Crippen LogP contribution in [0.1, 0.15) is 12.6 Å². The lowest BCUT2D eigenvalue weighted by Crippen LogP contribution is -2.35. The number of alkyl halides is 2. The van der Waals surface area contributed by atoms with Gasteiger partial charge in [0.25, 0.3) is 5.92 Å². The van der Waals surface area contributed by atoms with E-state index >= 15 is 0 Å². The Morgan fingerprint density at radius 3 is 2.82 bits per heavy atom. The molecule has 1 aromatic heterocycles. The van der Waals surface area contributed by atoms with Gasteiger partial charge in [0, 0.05) is 6.42 Å². The lowest BCUT2D eigenvalue weighted by Gasteiger charge is -2.21. The summed E-state index contributed by atoms with van der Waals surface area (Å²) in [4.78, 5) is 25.9. The van der Waals surface area contributed by atoms with Crippen molar-refractivity contribution in [1.82, 2.24) is 14.6 Å². The number of aromatic nitrogens is 2. The first-order chi connectivity index (χ1) is 16.3. The number of nitrogens with one attached hydrogen (secondary N) is 1. The van der Waals surface area contributed by atoms with Crippen molar-refractivity contribution in [3.8, 4) is 5.75 Å². The molecule has 2 aromatic carbocycles. The van der Waals surface area contributed by atoms with Gasteiger partial charge in [-0.1, -0.05) is 30.3 Å². The third-order valence-electron chi connectivity index (χ3n) is 4.96. The first-order valence-corrected chi connectivity index (χ1v) is 11.3. The monoisotopic (exact) mass is 496 g/mol. The van der Waals surface area contributed by atoms with Crippen LogP contribution in [0.5, 0.6) is 5.75 Å². The summed E-state index contributed by atoms with van der Waals surface area (Å²) in [6.07, 6.45) is -2.87. The third kappa shape index (κ3) is 5.36. The number of hydrogen-bond donors (Lipinski definition) is 2. The molecule has 9 nitrogen and oxygen atoms in total. The molecule has 0 aliphatic carbocycles. The van der Waals surface area contributed by atoms with E-state index in [1.807, 2.05) is 30.3 Å². The number of carbonyl (C=O) groups excluding carboxylic acids is 1. The first-order valence-electron chi connectivity index (χ1n) is 10.1. The average Bonchev–Trinajstić information content (AvgIpc) is 3.11. The Balaban J connectivity index is 1.44. The molecular weight excluding hydrogens is 476 g/mol. The van der Waals surface area contributed by atoms with E-state index in [0.717, 1.165) is 10.8 Å². The fourth-order valence-electron chi connectivity index (χ4n) is 3.41. The van der Waals surface area contributed by atoms with Crippen LogP contribution in [0.4, 0.5) is 19.0 Å². The number of nitrogens with zero attached hydrogens (tertiary/aromatic N) is 2. The molecule has 34 heavy (non-hydrogen) atoms. The van der Waals surface area contributed by atoms with Crippen molar-refractivity contribution in [2.24, 2.45) is 0 Å². The zero-order chi connectivity index (χ0) is 24.3. The second-order valence-electron chi connectivity index (χ2n) is 7.42. The number of fused-ring (bicyclic) bond motifs is 1. The summed E-state index contributed by atoms with van der Waals surface area (Å²) in [7, 11) is -1.89. The van der Waals surface area contributed by atoms with Gasteiger partial charge in [0.15, 0.2) is 11.6 Å². The van der Waals surface area contributed by atoms with Crippen molar-refractivity contribution in [3.63, 3.8) is 0 Å². The standard InChI is InChI=1S/C21H20F3N4O5P/c22-17-11-28(20(30)27-18(17)25)19-21(23,24)10-16(32-19)12-31-34(26-7-8-29)33-15-6-5-13-3-1-2-4-14(13)9-15/h1-6,8-9,11,16,19,26H,7,10,12H2,(H2,25,27,30). The Morgan fingerprint density at radius 2 is 2.06 bits per heavy atom. The van der Waals surface area contributed by atoms with E-state index in [1.165, 1.54) is 0 Å². The lowest BCUT2D eigenvalue weighted by molar-refractivity contribution is -0.119. The van der Waals surface area contributed by atoms with E-state index in [0.29, 0.717) is 22.8 Å². The minimum absolute atomic E-state index is 0.0879. The van der Waals surface area contributed by atoms with Crippen molar-refractivity contribution >= 4 is 31.4 Å². The SMILES string of the molecule is Nc1nc(=O)n(C2OC(COP(NCC=O)Oc3ccc4ccccc4c3)CC2(F)F)cc1F. The number of halogens is 3. The molecule has 180 valence electrons. The maximum absolute atomic E-state index is 14.6. The van der Waals surface area contributed by atoms with Gasteiger partial charge in [-0.15, -0.1) is 0 Å². The number of aldehydes is 1. The van der Waals surface area contributed by atoms with Gasteiger partial charge in [0.2, 0.25) is 6.23 Å². The van der Waals surface area contributed by atoms with Crippen LogP contribution in [0.2, 0.25) is 0 Å². The van der Waals surface area contributed by atoms with Crippen molar-refractivity contribution < 1.29 is 31.8 Å². The van der Waals surface area contributed by atoms with Crippen molar-refractivity contribution in [2.75, 3.05) is 18.9 Å². The van der Waals surface area contributed by atoms with E-state index in [9.17, 15) is 22.8 Å². The first kappa shape index (κ1) is 24.1. The molecule has 3 unspecified atom stereocenters. The summed E-state index contributed by atoms with van der Waals surface area (Å²) in [5.41, 5.74) is 4.04. The summed E-state index contributed by atoms with van der Waals surface area (Å²) in [5.74, 6) is -4.86. The molecule has 2 heterocycles. The molecule has 0 saturated carbocycles. The molecule has 1 saturated heterocycles. The van der Waals surface area contributed by atoms with Gasteiger partial charge in [-0.25, -0.2) is 23.1 Å². The van der Waals surface area contributed by atoms with Gasteiger partial charge in [-0.05, 0) is 22.9 Å². The maximum Gasteiger partial charge on any atom is 0.352 e. The van der Waals surface area contributed by atoms with Crippen LogP contribution in [-0.4, -0.2) is 41.0 Å². The zero-order valence-electron chi connectivity index (χ0n) is 17.6. The topological polar surface area (TPSA) is 118 Å². The number of benzene rings is 2. The summed E-state index contributed by atoms with van der Waals surface area (Å²) < 4.78 is 59.9. The van der Waals surface area contributed by atoms with Crippen LogP contribution in [0, 0.1) is 5.82 Å². The minimum Gasteiger partial charge on any atom is -0.436 e. The molecule has 0 spiro atoms. The van der Waals surface area contributed by atoms with E-state index in [2.05, 4.69) is 10.1 Å². The molecule has 0 bridgehead atoms. The molecule has 1 fully saturated rings. The quantitative estimate of drug-likeness (QED) is 0.343. The second kappa shape index (κ2) is 10.1. The zero-order valence-corrected chi connectivity index (χ0v) is 18.5. The van der Waals surface area contributed by atoms with Crippen LogP contribution in [0.3, 0.4) is 0 Å². The summed E-state index contributed by atoms with van der Waals surface area (Å²) in [6, 6.07) is 13.0. The molecule has 3 atom stereocenters. The van der Waals surface area contributed by atoms with E-state index in [-0.39, 0.29) is 13.2 Å². The molecule has 1 aliphatic rings. The number of hydrogen-bond acceptors (Lipinski definition) is 8. The maximum atomic E-state index is 14.6. The van der Waals surface area contributed by atoms with Gasteiger partial charge in [-0.3, -0.25) is 4.57 Å². The van der Waals surface area contributed by atoms with Crippen LogP contribution in [0.15, 0.2) is 53.5 Å². The number of carbonyl (C=O) groups is 1. The van der Waals surface area contributed by atoms with Crippen molar-refractivity contribution in [1.29, 1.82) is 0 Å². The van der Waals surface area contributed by atoms with Gasteiger partial charge in [0.05, 0.1) is 25.5 Å². The van der Waals surface area contributed by atoms with Crippen molar-refractivity contribution in [2.45, 2.75) is 24.7 Å². The predicted octanol–water partition coefficient (Wildman–Crippen LogP) is 3.15. The van der Waals surface area contributed by atoms with Crippen LogP contribution in [0.25, 0.3) is 10.8 Å². The largest absolute Gasteiger partial charge is 0.436 e. The highest BCUT2D eigenvalue weighted by atomic mass is 31.2. The normalized spacial score (nSPS) is 20.3. The highest BCUT2D eigenvalue weighted by molar-refractivity contribution is 7.45. The van der Waals surface area contributed by atoms with E-state index < -0.39 is 50.5 Å². The second-order valence-corrected chi connectivity index (χ2v) is 8.69. The van der Waals surface area contributed by atoms with Gasteiger partial charge in [0.1, 0.15) is 12.0 Å². The molecular formula is C21H20F3N4O5P. The minimum atomic E-state index is -3.50. The van der Waals surface area contributed by atoms with Crippen LogP contribution in [-0.2, 0) is 14.1 Å². The Kier molecular flexibility index (Phi) is 7.13. The van der Waals surface area contributed by atoms with E-state index in [1.54, 1.807) is 12.1 Å². The third-order valence-corrected chi connectivity index (χ3v) is 6.16. The molecule has 13 heteroatoms. The summed E-state index contributed by atoms with van der Waals surface area (Å²) in [5, 5.41) is 4.67. The molecule has 0 radical (unpaired) electrons. The highest BCUT2D eigenvalue weighted by Gasteiger charge is 2.52. The predicted molar refractivity (Wildman–Crippen MR) is 118 cm³/mol. The molecule has 3 aromatic rings. The van der Waals surface area contributed by atoms with Crippen molar-refractivity contribution in [3.05, 3.63) is 65.0 Å². The fraction of sp³-hybridized carbons (Fsp3) is 0.286. The Hall–Kier alpha value is -3.05. The highest BCUT2D eigenvalue weighted by Crippen LogP contribution is 2.44. The summed E-state index contributed by atoms with van der Waals surface area (Å²) >= 11 is 0. The average molecular weight is 496 g/mol. The van der Waals surface area contributed by atoms with Crippen LogP contribution < -0.4 is 21.0 Å². The fourth-order valence-corrected chi connectivity index (χ4v) is 4.45. The molecule has 3 N–H and O–H groups in total. The molecule has 1 aliphatic heterocycles. The van der Waals surface area contributed by atoms with Gasteiger partial charge < -0.3 is 24.3 Å². The Labute approximate surface area is 192 Å². The number of anilines is 1. The number of rotatable bonds is 9. The smallest absolute Gasteiger partial charge is 0.352 e. The van der Waals surface area contributed by atoms with Gasteiger partial charge in [-0.2, -0.15) is 4.98 Å². The lowest BCUT2D eigenvalue weighted by atomic mass is 10.1. The Morgan fingerprint density at radius 1 is 1.29 bits per heavy atom. The molecule has 0 amide bonds. The number of nitrogen functional groups attached to an aromatic ring is 1. The van der Waals surface area contributed by atoms with Crippen LogP contribution >= 0.6 is 8.53 Å². The molecule has 4 rings (SSSR count). The number of ether oxygens (including phenoxy) is 1. The van der Waals surface area contributed by atoms with Gasteiger partial charge >= 0.3 is 14.2 Å².